The van der Waals surface area contributed by atoms with Crippen LogP contribution < -0.4 is 5.32 Å². The molecule has 3 fully saturated rings. The standard InChI is InChI=1S/C14H23NO2/c1-8(2)15-14(16)17-13-7-9-6-12(13)11-5-3-4-10(9)11/h8-13H,3-7H2,1-2H3,(H,15,16)/t9-,10-,11+,12-,13+/m1/s1. The fraction of sp³-hybridized carbons (Fsp3) is 0.929. The van der Waals surface area contributed by atoms with Crippen molar-refractivity contribution in [1.29, 1.82) is 0 Å². The van der Waals surface area contributed by atoms with Gasteiger partial charge in [0.05, 0.1) is 0 Å². The van der Waals surface area contributed by atoms with Crippen LogP contribution in [0.3, 0.4) is 0 Å². The molecule has 3 heteroatoms. The monoisotopic (exact) mass is 237 g/mol. The van der Waals surface area contributed by atoms with Crippen LogP contribution in [-0.2, 0) is 4.74 Å². The van der Waals surface area contributed by atoms with E-state index in [0.717, 1.165) is 24.2 Å². The van der Waals surface area contributed by atoms with Gasteiger partial charge in [-0.15, -0.1) is 0 Å². The lowest BCUT2D eigenvalue weighted by molar-refractivity contribution is 0.0342. The highest BCUT2D eigenvalue weighted by Crippen LogP contribution is 2.59. The molecule has 0 aromatic carbocycles. The van der Waals surface area contributed by atoms with Gasteiger partial charge in [-0.25, -0.2) is 4.79 Å². The second-order valence-corrected chi connectivity index (χ2v) is 6.40. The quantitative estimate of drug-likeness (QED) is 0.802. The van der Waals surface area contributed by atoms with E-state index in [9.17, 15) is 4.79 Å². The number of nitrogens with one attached hydrogen (secondary N) is 1. The van der Waals surface area contributed by atoms with Gasteiger partial charge in [0.1, 0.15) is 6.10 Å². The topological polar surface area (TPSA) is 38.3 Å². The van der Waals surface area contributed by atoms with Crippen LogP contribution in [0, 0.1) is 23.7 Å². The Bertz CT molecular complexity index is 315. The van der Waals surface area contributed by atoms with Crippen LogP contribution >= 0.6 is 0 Å². The Morgan fingerprint density at radius 3 is 2.71 bits per heavy atom. The third kappa shape index (κ3) is 1.94. The average Bonchev–Trinajstić information content (AvgIpc) is 2.83. The molecular formula is C14H23NO2. The van der Waals surface area contributed by atoms with Gasteiger partial charge in [-0.2, -0.15) is 0 Å². The smallest absolute Gasteiger partial charge is 0.407 e. The first-order chi connectivity index (χ1) is 8.15. The lowest BCUT2D eigenvalue weighted by Crippen LogP contribution is -2.38. The van der Waals surface area contributed by atoms with Crippen molar-refractivity contribution in [2.24, 2.45) is 23.7 Å². The van der Waals surface area contributed by atoms with E-state index in [1.54, 1.807) is 0 Å². The molecule has 3 aliphatic carbocycles. The molecule has 0 aromatic rings. The van der Waals surface area contributed by atoms with Crippen LogP contribution in [0.1, 0.15) is 46.0 Å². The van der Waals surface area contributed by atoms with Gasteiger partial charge in [0.2, 0.25) is 0 Å². The summed E-state index contributed by atoms with van der Waals surface area (Å²) in [7, 11) is 0. The molecule has 0 heterocycles. The largest absolute Gasteiger partial charge is 0.446 e. The molecule has 1 N–H and O–H groups in total. The summed E-state index contributed by atoms with van der Waals surface area (Å²) in [5.74, 6) is 3.35. The highest BCUT2D eigenvalue weighted by Gasteiger charge is 2.55. The average molecular weight is 237 g/mol. The molecule has 96 valence electrons. The Morgan fingerprint density at radius 2 is 1.94 bits per heavy atom. The Balaban J connectivity index is 1.58. The summed E-state index contributed by atoms with van der Waals surface area (Å²) in [6, 6.07) is 0.167. The van der Waals surface area contributed by atoms with E-state index < -0.39 is 0 Å². The molecule has 1 amide bonds. The fourth-order valence-corrected chi connectivity index (χ4v) is 4.55. The van der Waals surface area contributed by atoms with Gasteiger partial charge in [0.15, 0.2) is 0 Å². The van der Waals surface area contributed by atoms with E-state index in [1.807, 2.05) is 13.8 Å². The van der Waals surface area contributed by atoms with Crippen LogP contribution in [0.15, 0.2) is 0 Å². The van der Waals surface area contributed by atoms with Gasteiger partial charge in [-0.05, 0) is 63.2 Å². The first-order valence-corrected chi connectivity index (χ1v) is 7.12. The zero-order chi connectivity index (χ0) is 12.0. The van der Waals surface area contributed by atoms with E-state index in [2.05, 4.69) is 5.32 Å². The number of alkyl carbamates (subject to hydrolysis) is 1. The number of ether oxygens (including phenoxy) is 1. The minimum absolute atomic E-state index is 0.167. The number of hydrogen-bond acceptors (Lipinski definition) is 2. The molecule has 0 unspecified atom stereocenters. The molecule has 0 aliphatic heterocycles. The maximum atomic E-state index is 11.6. The van der Waals surface area contributed by atoms with Crippen molar-refractivity contribution in [3.05, 3.63) is 0 Å². The number of rotatable bonds is 2. The second-order valence-electron chi connectivity index (χ2n) is 6.40. The van der Waals surface area contributed by atoms with Gasteiger partial charge in [-0.3, -0.25) is 0 Å². The van der Waals surface area contributed by atoms with E-state index in [0.29, 0.717) is 5.92 Å². The number of carbonyl (C=O) groups is 1. The molecule has 17 heavy (non-hydrogen) atoms. The van der Waals surface area contributed by atoms with Crippen LogP contribution in [0.2, 0.25) is 0 Å². The summed E-state index contributed by atoms with van der Waals surface area (Å²) in [6.07, 6.45) is 6.62. The molecule has 3 saturated carbocycles. The molecule has 0 saturated heterocycles. The summed E-state index contributed by atoms with van der Waals surface area (Å²) < 4.78 is 5.61. The van der Waals surface area contributed by atoms with Crippen molar-refractivity contribution in [3.63, 3.8) is 0 Å². The zero-order valence-electron chi connectivity index (χ0n) is 10.8. The predicted octanol–water partition coefficient (Wildman–Crippen LogP) is 2.95. The molecule has 2 bridgehead atoms. The first-order valence-electron chi connectivity index (χ1n) is 7.12. The van der Waals surface area contributed by atoms with Crippen molar-refractivity contribution in [2.45, 2.75) is 58.1 Å². The highest BCUT2D eigenvalue weighted by molar-refractivity contribution is 5.67. The van der Waals surface area contributed by atoms with Gasteiger partial charge in [0, 0.05) is 6.04 Å². The molecule has 0 aromatic heterocycles. The Labute approximate surface area is 103 Å². The Kier molecular flexibility index (Phi) is 2.80. The predicted molar refractivity (Wildman–Crippen MR) is 65.6 cm³/mol. The van der Waals surface area contributed by atoms with Crippen molar-refractivity contribution in [2.75, 3.05) is 0 Å². The maximum Gasteiger partial charge on any atom is 0.407 e. The third-order valence-corrected chi connectivity index (χ3v) is 5.03. The number of carbonyl (C=O) groups excluding carboxylic acids is 1. The van der Waals surface area contributed by atoms with Crippen LogP contribution in [-0.4, -0.2) is 18.2 Å². The fourth-order valence-electron chi connectivity index (χ4n) is 4.55. The molecule has 3 aliphatic rings. The Morgan fingerprint density at radius 1 is 1.18 bits per heavy atom. The summed E-state index contributed by atoms with van der Waals surface area (Å²) in [5.41, 5.74) is 0. The minimum atomic E-state index is -0.216. The van der Waals surface area contributed by atoms with Crippen molar-refractivity contribution >= 4 is 6.09 Å². The number of hydrogen-bond donors (Lipinski definition) is 1. The van der Waals surface area contributed by atoms with Gasteiger partial charge in [-0.1, -0.05) is 6.42 Å². The molecular weight excluding hydrogens is 214 g/mol. The van der Waals surface area contributed by atoms with E-state index in [1.165, 1.54) is 25.7 Å². The molecule has 0 radical (unpaired) electrons. The SMILES string of the molecule is CC(C)NC(=O)O[C@H]1C[C@H]2C[C@@H]1[C@H]1CCC[C@H]21. The lowest BCUT2D eigenvalue weighted by atomic mass is 9.80. The third-order valence-electron chi connectivity index (χ3n) is 5.03. The summed E-state index contributed by atoms with van der Waals surface area (Å²) in [4.78, 5) is 11.6. The van der Waals surface area contributed by atoms with Crippen molar-refractivity contribution in [3.8, 4) is 0 Å². The summed E-state index contributed by atoms with van der Waals surface area (Å²) in [5, 5.41) is 2.83. The van der Waals surface area contributed by atoms with Crippen LogP contribution in [0.5, 0.6) is 0 Å². The van der Waals surface area contributed by atoms with Gasteiger partial charge < -0.3 is 10.1 Å². The Hall–Kier alpha value is -0.730. The van der Waals surface area contributed by atoms with E-state index >= 15 is 0 Å². The molecule has 3 nitrogen and oxygen atoms in total. The minimum Gasteiger partial charge on any atom is -0.446 e. The van der Waals surface area contributed by atoms with Crippen molar-refractivity contribution < 1.29 is 9.53 Å². The molecule has 0 spiro atoms. The highest BCUT2D eigenvalue weighted by atomic mass is 16.6. The maximum absolute atomic E-state index is 11.6. The van der Waals surface area contributed by atoms with Crippen LogP contribution in [0.4, 0.5) is 4.79 Å². The summed E-state index contributed by atoms with van der Waals surface area (Å²) in [6.45, 7) is 3.93. The molecule has 3 rings (SSSR count). The van der Waals surface area contributed by atoms with Gasteiger partial charge in [0.25, 0.3) is 0 Å². The normalized spacial score (nSPS) is 42.9. The second kappa shape index (κ2) is 4.18. The van der Waals surface area contributed by atoms with E-state index in [4.69, 9.17) is 4.74 Å². The summed E-state index contributed by atoms with van der Waals surface area (Å²) >= 11 is 0. The molecule has 5 atom stereocenters. The van der Waals surface area contributed by atoms with E-state index in [-0.39, 0.29) is 18.2 Å². The number of fused-ring (bicyclic) bond motifs is 5. The number of amides is 1. The first kappa shape index (κ1) is 11.4. The van der Waals surface area contributed by atoms with Gasteiger partial charge >= 0.3 is 6.09 Å². The lowest BCUT2D eigenvalue weighted by Gasteiger charge is -2.31. The van der Waals surface area contributed by atoms with Crippen molar-refractivity contribution in [1.82, 2.24) is 5.32 Å². The zero-order valence-corrected chi connectivity index (χ0v) is 10.8. The van der Waals surface area contributed by atoms with Crippen LogP contribution in [0.25, 0.3) is 0 Å².